The fourth-order valence-electron chi connectivity index (χ4n) is 3.52. The lowest BCUT2D eigenvalue weighted by atomic mass is 10.0. The fourth-order valence-corrected chi connectivity index (χ4v) is 3.91. The van der Waals surface area contributed by atoms with Crippen molar-refractivity contribution in [2.75, 3.05) is 13.2 Å². The summed E-state index contributed by atoms with van der Waals surface area (Å²) in [5.74, 6) is -1.48. The number of ether oxygens (including phenoxy) is 1. The van der Waals surface area contributed by atoms with Crippen molar-refractivity contribution in [3.05, 3.63) is 57.7 Å². The van der Waals surface area contributed by atoms with E-state index in [0.717, 1.165) is 18.7 Å². The second-order valence-corrected chi connectivity index (χ2v) is 8.90. The number of hydrogen-bond donors (Lipinski definition) is 2. The molecule has 2 aromatic rings. The van der Waals surface area contributed by atoms with Gasteiger partial charge < -0.3 is 15.2 Å². The van der Waals surface area contributed by atoms with Crippen molar-refractivity contribution in [3.8, 4) is 5.88 Å². The van der Waals surface area contributed by atoms with Crippen LogP contribution in [-0.4, -0.2) is 29.2 Å². The summed E-state index contributed by atoms with van der Waals surface area (Å²) in [4.78, 5) is 14.3. The molecule has 2 heterocycles. The summed E-state index contributed by atoms with van der Waals surface area (Å²) < 4.78 is 18.5. The smallest absolute Gasteiger partial charge is 0.350 e. The number of carboxylic acid groups (broad SMARTS) is 1. The molecule has 0 saturated heterocycles. The maximum atomic E-state index is 13.7. The van der Waals surface area contributed by atoms with Crippen LogP contribution in [0, 0.1) is 0 Å². The molecule has 2 N–H and O–H groups in total. The molecule has 0 fully saturated rings. The maximum Gasteiger partial charge on any atom is 0.350 e. The molecule has 0 aliphatic carbocycles. The number of nitrogens with zero attached hydrogens (tertiary/aromatic N) is 1. The molecule has 182 valence electrons. The van der Waals surface area contributed by atoms with Crippen LogP contribution in [0.3, 0.4) is 0 Å². The second-order valence-electron chi connectivity index (χ2n) is 8.12. The standard InChI is InChI=1S/C17H27Cl2N.C8H6FNO3/c1-2-3-4-5-6-7-8-9-13-20-14-15-11-10-12-16(18)17(15)19;9-8(7(11)12)4-13-6-5(8)2-1-3-10-6/h10-12,20H,2-9,13-14H2,1H3;1-3H,4H2,(H,11,12). The van der Waals surface area contributed by atoms with Gasteiger partial charge in [0, 0.05) is 12.7 Å². The van der Waals surface area contributed by atoms with Crippen molar-refractivity contribution in [3.63, 3.8) is 0 Å². The number of alkyl halides is 1. The highest BCUT2D eigenvalue weighted by atomic mass is 35.5. The maximum absolute atomic E-state index is 13.7. The number of benzene rings is 1. The summed E-state index contributed by atoms with van der Waals surface area (Å²) in [5, 5.41) is 13.4. The number of unbranched alkanes of at least 4 members (excludes halogenated alkanes) is 7. The zero-order valence-electron chi connectivity index (χ0n) is 19.1. The van der Waals surface area contributed by atoms with Crippen molar-refractivity contribution < 1.29 is 19.0 Å². The van der Waals surface area contributed by atoms with Gasteiger partial charge in [0.1, 0.15) is 6.61 Å². The van der Waals surface area contributed by atoms with Crippen molar-refractivity contribution in [2.24, 2.45) is 0 Å². The Morgan fingerprint density at radius 2 is 1.82 bits per heavy atom. The Bertz CT molecular complexity index is 884. The summed E-state index contributed by atoms with van der Waals surface area (Å²) in [6.07, 6.45) is 12.3. The van der Waals surface area contributed by atoms with E-state index in [2.05, 4.69) is 17.2 Å². The van der Waals surface area contributed by atoms with Gasteiger partial charge >= 0.3 is 5.97 Å². The van der Waals surface area contributed by atoms with Crippen LogP contribution in [0.1, 0.15) is 69.4 Å². The van der Waals surface area contributed by atoms with Gasteiger partial charge in [-0.3, -0.25) is 0 Å². The molecule has 1 unspecified atom stereocenters. The molecule has 0 radical (unpaired) electrons. The molecule has 1 aliphatic heterocycles. The minimum Gasteiger partial charge on any atom is -0.479 e. The van der Waals surface area contributed by atoms with Gasteiger partial charge in [-0.05, 0) is 36.7 Å². The van der Waals surface area contributed by atoms with Crippen LogP contribution >= 0.6 is 23.2 Å². The summed E-state index contributed by atoms with van der Waals surface area (Å²) in [6, 6.07) is 8.64. The molecular weight excluding hydrogens is 466 g/mol. The van der Waals surface area contributed by atoms with Gasteiger partial charge in [-0.1, -0.05) is 87.2 Å². The minimum atomic E-state index is -2.44. The first kappa shape index (κ1) is 27.4. The normalized spacial score (nSPS) is 16.5. The first-order chi connectivity index (χ1) is 15.9. The van der Waals surface area contributed by atoms with Gasteiger partial charge in [-0.25, -0.2) is 14.2 Å². The van der Waals surface area contributed by atoms with Gasteiger partial charge in [0.15, 0.2) is 0 Å². The lowest BCUT2D eigenvalue weighted by molar-refractivity contribution is -0.152. The average Bonchev–Trinajstić information content (AvgIpc) is 3.17. The Labute approximate surface area is 205 Å². The third-order valence-electron chi connectivity index (χ3n) is 5.50. The van der Waals surface area contributed by atoms with E-state index in [1.165, 1.54) is 69.7 Å². The summed E-state index contributed by atoms with van der Waals surface area (Å²) >= 11 is 12.1. The minimum absolute atomic E-state index is 0.0116. The predicted molar refractivity (Wildman–Crippen MR) is 131 cm³/mol. The van der Waals surface area contributed by atoms with E-state index in [1.54, 1.807) is 0 Å². The van der Waals surface area contributed by atoms with E-state index in [-0.39, 0.29) is 11.4 Å². The number of carboxylic acids is 1. The molecule has 33 heavy (non-hydrogen) atoms. The highest BCUT2D eigenvalue weighted by Crippen LogP contribution is 2.38. The molecule has 0 amide bonds. The van der Waals surface area contributed by atoms with Gasteiger partial charge in [0.25, 0.3) is 5.67 Å². The Hall–Kier alpha value is -1.89. The third-order valence-corrected chi connectivity index (χ3v) is 6.36. The largest absolute Gasteiger partial charge is 0.479 e. The van der Waals surface area contributed by atoms with E-state index < -0.39 is 18.2 Å². The number of carbonyl (C=O) groups is 1. The van der Waals surface area contributed by atoms with Gasteiger partial charge in [0.2, 0.25) is 5.88 Å². The number of rotatable bonds is 12. The molecular formula is C25H33Cl2FN2O3. The number of aliphatic carboxylic acids is 1. The predicted octanol–water partition coefficient (Wildman–Crippen LogP) is 6.95. The number of aromatic nitrogens is 1. The van der Waals surface area contributed by atoms with Crippen molar-refractivity contribution in [1.29, 1.82) is 0 Å². The molecule has 5 nitrogen and oxygen atoms in total. The van der Waals surface area contributed by atoms with Crippen LogP contribution in [0.15, 0.2) is 36.5 Å². The highest BCUT2D eigenvalue weighted by Gasteiger charge is 2.49. The van der Waals surface area contributed by atoms with E-state index in [9.17, 15) is 9.18 Å². The van der Waals surface area contributed by atoms with E-state index in [4.69, 9.17) is 33.0 Å². The molecule has 3 rings (SSSR count). The van der Waals surface area contributed by atoms with E-state index in [0.29, 0.717) is 10.0 Å². The van der Waals surface area contributed by atoms with Crippen LogP contribution in [0.25, 0.3) is 0 Å². The Kier molecular flexibility index (Phi) is 11.9. The van der Waals surface area contributed by atoms with Crippen molar-refractivity contribution in [2.45, 2.75) is 70.5 Å². The van der Waals surface area contributed by atoms with Gasteiger partial charge in [-0.2, -0.15) is 0 Å². The molecule has 0 saturated carbocycles. The van der Waals surface area contributed by atoms with Crippen LogP contribution in [-0.2, 0) is 17.0 Å². The number of halogens is 3. The molecule has 0 bridgehead atoms. The molecule has 1 aliphatic rings. The molecule has 8 heteroatoms. The SMILES string of the molecule is CCCCCCCCCCNCc1cccc(Cl)c1Cl.O=C(O)C1(F)COc2ncccc21. The number of hydrogen-bond acceptors (Lipinski definition) is 4. The number of pyridine rings is 1. The first-order valence-corrected chi connectivity index (χ1v) is 12.3. The Balaban J connectivity index is 0.000000254. The molecule has 0 spiro atoms. The summed E-state index contributed by atoms with van der Waals surface area (Å²) in [5.41, 5.74) is -1.37. The summed E-state index contributed by atoms with van der Waals surface area (Å²) in [7, 11) is 0. The summed E-state index contributed by atoms with van der Waals surface area (Å²) in [6.45, 7) is 3.61. The molecule has 1 aromatic heterocycles. The highest BCUT2D eigenvalue weighted by molar-refractivity contribution is 6.42. The monoisotopic (exact) mass is 498 g/mol. The zero-order chi connectivity index (χ0) is 24.1. The Morgan fingerprint density at radius 1 is 1.12 bits per heavy atom. The number of fused-ring (bicyclic) bond motifs is 1. The first-order valence-electron chi connectivity index (χ1n) is 11.5. The molecule has 1 aromatic carbocycles. The Morgan fingerprint density at radius 3 is 2.52 bits per heavy atom. The van der Waals surface area contributed by atoms with E-state index >= 15 is 0 Å². The second kappa shape index (κ2) is 14.4. The third kappa shape index (κ3) is 8.43. The van der Waals surface area contributed by atoms with Crippen LogP contribution < -0.4 is 10.1 Å². The van der Waals surface area contributed by atoms with Crippen molar-refractivity contribution in [1.82, 2.24) is 10.3 Å². The lowest BCUT2D eigenvalue weighted by Crippen LogP contribution is -2.32. The average molecular weight is 499 g/mol. The quantitative estimate of drug-likeness (QED) is 0.309. The molecule has 1 atom stereocenters. The van der Waals surface area contributed by atoms with Crippen LogP contribution in [0.2, 0.25) is 10.0 Å². The lowest BCUT2D eigenvalue weighted by Gasteiger charge is -2.10. The van der Waals surface area contributed by atoms with Crippen LogP contribution in [0.4, 0.5) is 4.39 Å². The zero-order valence-corrected chi connectivity index (χ0v) is 20.6. The van der Waals surface area contributed by atoms with Crippen molar-refractivity contribution >= 4 is 29.2 Å². The van der Waals surface area contributed by atoms with Gasteiger partial charge in [-0.15, -0.1) is 0 Å². The van der Waals surface area contributed by atoms with Gasteiger partial charge in [0.05, 0.1) is 15.6 Å². The van der Waals surface area contributed by atoms with E-state index in [1.807, 2.05) is 18.2 Å². The fraction of sp³-hybridized carbons (Fsp3) is 0.520. The van der Waals surface area contributed by atoms with Crippen LogP contribution in [0.5, 0.6) is 5.88 Å². The number of nitrogens with one attached hydrogen (secondary N) is 1. The topological polar surface area (TPSA) is 71.5 Å².